The predicted octanol–water partition coefficient (Wildman–Crippen LogP) is 5.10. The maximum atomic E-state index is 10.1. The number of carboxylic acid groups (broad SMARTS) is 3. The highest BCUT2D eigenvalue weighted by molar-refractivity contribution is 5.67. The van der Waals surface area contributed by atoms with Crippen LogP contribution >= 0.6 is 0 Å². The van der Waals surface area contributed by atoms with Crippen LogP contribution in [0.3, 0.4) is 0 Å². The number of aliphatic carboxylic acids is 3. The first-order valence-electron chi connectivity index (χ1n) is 9.55. The van der Waals surface area contributed by atoms with Gasteiger partial charge in [-0.25, -0.2) is 0 Å². The van der Waals surface area contributed by atoms with Crippen molar-refractivity contribution >= 4 is 17.9 Å². The van der Waals surface area contributed by atoms with E-state index >= 15 is 0 Å². The van der Waals surface area contributed by atoms with E-state index in [0.717, 1.165) is 32.1 Å². The zero-order valence-corrected chi connectivity index (χ0v) is 15.7. The molecular weight excluding hydrogens is 324 g/mol. The molecule has 0 aromatic carbocycles. The minimum absolute atomic E-state index is 0.221. The van der Waals surface area contributed by atoms with Crippen molar-refractivity contribution in [2.45, 2.75) is 103 Å². The quantitative estimate of drug-likeness (QED) is 0.330. The van der Waals surface area contributed by atoms with E-state index < -0.39 is 17.9 Å². The Morgan fingerprint density at radius 1 is 0.480 bits per heavy atom. The third-order valence-corrected chi connectivity index (χ3v) is 3.78. The van der Waals surface area contributed by atoms with Crippen LogP contribution in [0.1, 0.15) is 103 Å². The molecule has 0 aliphatic heterocycles. The lowest BCUT2D eigenvalue weighted by molar-refractivity contribution is -0.138. The molecule has 0 amide bonds. The zero-order valence-electron chi connectivity index (χ0n) is 15.7. The van der Waals surface area contributed by atoms with Gasteiger partial charge in [0.1, 0.15) is 0 Å². The monoisotopic (exact) mass is 360 g/mol. The van der Waals surface area contributed by atoms with Crippen molar-refractivity contribution in [3.8, 4) is 0 Å². The SMILES string of the molecule is CCCCCCCCCC(=O)O.O=C(O)CCCCCCCC(=O)O. The third-order valence-electron chi connectivity index (χ3n) is 3.78. The van der Waals surface area contributed by atoms with Gasteiger partial charge in [0.2, 0.25) is 0 Å². The molecule has 6 heteroatoms. The molecule has 0 spiro atoms. The molecule has 148 valence electrons. The van der Waals surface area contributed by atoms with Gasteiger partial charge in [0.05, 0.1) is 0 Å². The van der Waals surface area contributed by atoms with Gasteiger partial charge in [-0.2, -0.15) is 0 Å². The van der Waals surface area contributed by atoms with Crippen LogP contribution in [0.5, 0.6) is 0 Å². The first-order chi connectivity index (χ1) is 11.9. The van der Waals surface area contributed by atoms with Crippen molar-refractivity contribution in [1.82, 2.24) is 0 Å². The predicted molar refractivity (Wildman–Crippen MR) is 97.8 cm³/mol. The van der Waals surface area contributed by atoms with Crippen LogP contribution in [0.2, 0.25) is 0 Å². The second-order valence-corrected chi connectivity index (χ2v) is 6.32. The summed E-state index contributed by atoms with van der Waals surface area (Å²) in [7, 11) is 0. The first kappa shape index (κ1) is 25.6. The van der Waals surface area contributed by atoms with Crippen LogP contribution in [0.4, 0.5) is 0 Å². The van der Waals surface area contributed by atoms with Gasteiger partial charge in [0, 0.05) is 19.3 Å². The summed E-state index contributed by atoms with van der Waals surface area (Å²) in [5, 5.41) is 25.0. The molecule has 0 aromatic rings. The summed E-state index contributed by atoms with van der Waals surface area (Å²) in [5.41, 5.74) is 0. The van der Waals surface area contributed by atoms with Gasteiger partial charge in [-0.15, -0.1) is 0 Å². The van der Waals surface area contributed by atoms with Gasteiger partial charge in [-0.1, -0.05) is 64.7 Å². The highest BCUT2D eigenvalue weighted by Gasteiger charge is 1.98. The molecule has 0 aliphatic carbocycles. The van der Waals surface area contributed by atoms with Gasteiger partial charge < -0.3 is 15.3 Å². The van der Waals surface area contributed by atoms with Crippen LogP contribution in [-0.4, -0.2) is 33.2 Å². The molecule has 0 aromatic heterocycles. The lowest BCUT2D eigenvalue weighted by Gasteiger charge is -1.98. The number of hydrogen-bond acceptors (Lipinski definition) is 3. The summed E-state index contributed by atoms with van der Waals surface area (Å²) in [4.78, 5) is 30.3. The molecule has 0 heterocycles. The fourth-order valence-electron chi connectivity index (χ4n) is 2.32. The molecule has 0 saturated carbocycles. The molecule has 0 atom stereocenters. The lowest BCUT2D eigenvalue weighted by Crippen LogP contribution is -1.95. The number of rotatable bonds is 16. The Kier molecular flexibility index (Phi) is 21.0. The summed E-state index contributed by atoms with van der Waals surface area (Å²) in [5.74, 6) is -2.18. The molecule has 3 N–H and O–H groups in total. The van der Waals surface area contributed by atoms with Crippen molar-refractivity contribution in [2.24, 2.45) is 0 Å². The normalized spacial score (nSPS) is 9.96. The average molecular weight is 360 g/mol. The van der Waals surface area contributed by atoms with E-state index in [2.05, 4.69) is 6.92 Å². The third kappa shape index (κ3) is 30.8. The fourth-order valence-corrected chi connectivity index (χ4v) is 2.32. The Bertz CT molecular complexity index is 323. The Labute approximate surface area is 151 Å². The number of carboxylic acids is 3. The van der Waals surface area contributed by atoms with Crippen molar-refractivity contribution < 1.29 is 29.7 Å². The maximum absolute atomic E-state index is 10.1. The molecule has 0 aliphatic rings. The van der Waals surface area contributed by atoms with Crippen LogP contribution in [-0.2, 0) is 14.4 Å². The van der Waals surface area contributed by atoms with Crippen LogP contribution in [0.25, 0.3) is 0 Å². The molecule has 0 bridgehead atoms. The Hall–Kier alpha value is -1.59. The number of hydrogen-bond donors (Lipinski definition) is 3. The fraction of sp³-hybridized carbons (Fsp3) is 0.842. The average Bonchev–Trinajstić information content (AvgIpc) is 2.53. The van der Waals surface area contributed by atoms with E-state index in [4.69, 9.17) is 15.3 Å². The molecule has 0 saturated heterocycles. The first-order valence-corrected chi connectivity index (χ1v) is 9.55. The van der Waals surface area contributed by atoms with E-state index in [9.17, 15) is 14.4 Å². The highest BCUT2D eigenvalue weighted by Crippen LogP contribution is 2.08. The van der Waals surface area contributed by atoms with E-state index in [-0.39, 0.29) is 12.8 Å². The van der Waals surface area contributed by atoms with E-state index in [1.54, 1.807) is 0 Å². The van der Waals surface area contributed by atoms with Crippen LogP contribution in [0, 0.1) is 0 Å². The Morgan fingerprint density at radius 2 is 0.720 bits per heavy atom. The molecule has 0 fully saturated rings. The van der Waals surface area contributed by atoms with Gasteiger partial charge in [0.25, 0.3) is 0 Å². The van der Waals surface area contributed by atoms with Gasteiger partial charge in [0.15, 0.2) is 0 Å². The van der Waals surface area contributed by atoms with Crippen LogP contribution in [0.15, 0.2) is 0 Å². The largest absolute Gasteiger partial charge is 0.481 e. The summed E-state index contributed by atoms with van der Waals surface area (Å²) in [6.07, 6.45) is 13.2. The number of carbonyl (C=O) groups is 3. The Morgan fingerprint density at radius 3 is 0.960 bits per heavy atom. The Balaban J connectivity index is 0. The minimum atomic E-state index is -0.759. The van der Waals surface area contributed by atoms with Crippen molar-refractivity contribution in [3.63, 3.8) is 0 Å². The van der Waals surface area contributed by atoms with Gasteiger partial charge in [-0.3, -0.25) is 14.4 Å². The van der Waals surface area contributed by atoms with Crippen LogP contribution < -0.4 is 0 Å². The highest BCUT2D eigenvalue weighted by atomic mass is 16.4. The maximum Gasteiger partial charge on any atom is 0.303 e. The summed E-state index contributed by atoms with van der Waals surface area (Å²) < 4.78 is 0. The molecule has 0 radical (unpaired) electrons. The smallest absolute Gasteiger partial charge is 0.303 e. The van der Waals surface area contributed by atoms with Crippen molar-refractivity contribution in [1.29, 1.82) is 0 Å². The van der Waals surface area contributed by atoms with Crippen molar-refractivity contribution in [2.75, 3.05) is 0 Å². The molecular formula is C19H36O6. The van der Waals surface area contributed by atoms with Gasteiger partial charge in [-0.05, 0) is 19.3 Å². The minimum Gasteiger partial charge on any atom is -0.481 e. The summed E-state index contributed by atoms with van der Waals surface area (Å²) in [6.45, 7) is 2.20. The molecule has 0 rings (SSSR count). The topological polar surface area (TPSA) is 112 Å². The van der Waals surface area contributed by atoms with E-state index in [1.165, 1.54) is 32.1 Å². The van der Waals surface area contributed by atoms with E-state index in [0.29, 0.717) is 19.3 Å². The van der Waals surface area contributed by atoms with Gasteiger partial charge >= 0.3 is 17.9 Å². The lowest BCUT2D eigenvalue weighted by atomic mass is 10.1. The zero-order chi connectivity index (χ0) is 19.3. The van der Waals surface area contributed by atoms with E-state index in [1.807, 2.05) is 0 Å². The summed E-state index contributed by atoms with van der Waals surface area (Å²) in [6, 6.07) is 0. The molecule has 6 nitrogen and oxygen atoms in total. The molecule has 0 unspecified atom stereocenters. The standard InChI is InChI=1S/C10H20O2.C9H16O4/c1-2-3-4-5-6-7-8-9-10(11)12;10-8(11)6-4-2-1-3-5-7-9(12)13/h2-9H2,1H3,(H,11,12);1-7H2,(H,10,11)(H,12,13). The van der Waals surface area contributed by atoms with Crippen molar-refractivity contribution in [3.05, 3.63) is 0 Å². The second kappa shape index (κ2) is 20.5. The summed E-state index contributed by atoms with van der Waals surface area (Å²) >= 11 is 0. The second-order valence-electron chi connectivity index (χ2n) is 6.32. The molecule has 25 heavy (non-hydrogen) atoms. The number of unbranched alkanes of at least 4 members (excludes halogenated alkanes) is 10.